The molecule has 0 bridgehead atoms. The van der Waals surface area contributed by atoms with Crippen LogP contribution in [0.4, 0.5) is 18.9 Å². The predicted octanol–water partition coefficient (Wildman–Crippen LogP) is 1.78. The van der Waals surface area contributed by atoms with Gasteiger partial charge in [0.15, 0.2) is 0 Å². The Hall–Kier alpha value is -1.03. The topological polar surface area (TPSA) is 81.4 Å². The zero-order valence-corrected chi connectivity index (χ0v) is 11.6. The van der Waals surface area contributed by atoms with E-state index in [4.69, 9.17) is 17.3 Å². The van der Waals surface area contributed by atoms with E-state index in [1.807, 2.05) is 0 Å². The van der Waals surface area contributed by atoms with E-state index in [-0.39, 0.29) is 22.2 Å². The quantitative estimate of drug-likeness (QED) is 0.614. The maximum atomic E-state index is 11.8. The molecule has 0 spiro atoms. The van der Waals surface area contributed by atoms with Gasteiger partial charge in [-0.05, 0) is 18.2 Å². The number of anilines is 1. The predicted molar refractivity (Wildman–Crippen MR) is 67.9 cm³/mol. The Labute approximate surface area is 118 Å². The summed E-state index contributed by atoms with van der Waals surface area (Å²) in [5, 5.41) is 0.0706. The highest BCUT2D eigenvalue weighted by molar-refractivity contribution is 7.89. The van der Waals surface area contributed by atoms with E-state index < -0.39 is 29.4 Å². The lowest BCUT2D eigenvalue weighted by Gasteiger charge is -2.09. The van der Waals surface area contributed by atoms with Gasteiger partial charge in [0.2, 0.25) is 10.0 Å². The van der Waals surface area contributed by atoms with Crippen LogP contribution in [0, 0.1) is 0 Å². The minimum atomic E-state index is -4.44. The molecule has 1 aromatic carbocycles. The SMILES string of the molecule is Nc1ccc(S(=O)(=O)NCCOCC(F)(F)F)cc1Cl. The zero-order valence-electron chi connectivity index (χ0n) is 10.1. The van der Waals surface area contributed by atoms with E-state index >= 15 is 0 Å². The minimum Gasteiger partial charge on any atom is -0.398 e. The summed E-state index contributed by atoms with van der Waals surface area (Å²) in [5.41, 5.74) is 5.66. The van der Waals surface area contributed by atoms with E-state index in [1.54, 1.807) is 0 Å². The lowest BCUT2D eigenvalue weighted by Crippen LogP contribution is -2.29. The van der Waals surface area contributed by atoms with E-state index in [9.17, 15) is 21.6 Å². The van der Waals surface area contributed by atoms with Gasteiger partial charge in [-0.3, -0.25) is 0 Å². The van der Waals surface area contributed by atoms with E-state index in [1.165, 1.54) is 12.1 Å². The largest absolute Gasteiger partial charge is 0.411 e. The van der Waals surface area contributed by atoms with Crippen molar-refractivity contribution < 1.29 is 26.3 Å². The smallest absolute Gasteiger partial charge is 0.398 e. The molecule has 114 valence electrons. The maximum absolute atomic E-state index is 11.8. The van der Waals surface area contributed by atoms with Crippen molar-refractivity contribution in [2.75, 3.05) is 25.5 Å². The van der Waals surface area contributed by atoms with Gasteiger partial charge < -0.3 is 10.5 Å². The average Bonchev–Trinajstić information content (AvgIpc) is 2.30. The molecule has 0 aromatic heterocycles. The number of halogens is 4. The van der Waals surface area contributed by atoms with Crippen LogP contribution in [0.25, 0.3) is 0 Å². The Morgan fingerprint density at radius 1 is 1.35 bits per heavy atom. The summed E-state index contributed by atoms with van der Waals surface area (Å²) in [6.07, 6.45) is -4.44. The van der Waals surface area contributed by atoms with Crippen LogP contribution in [0.3, 0.4) is 0 Å². The molecule has 0 aliphatic carbocycles. The third-order valence-corrected chi connectivity index (χ3v) is 3.87. The summed E-state index contributed by atoms with van der Waals surface area (Å²) in [7, 11) is -3.87. The lowest BCUT2D eigenvalue weighted by molar-refractivity contribution is -0.173. The fourth-order valence-corrected chi connectivity index (χ4v) is 2.48. The normalized spacial score (nSPS) is 12.6. The monoisotopic (exact) mass is 332 g/mol. The highest BCUT2D eigenvalue weighted by Gasteiger charge is 2.27. The van der Waals surface area contributed by atoms with Gasteiger partial charge in [0.1, 0.15) is 6.61 Å². The van der Waals surface area contributed by atoms with Gasteiger partial charge in [-0.2, -0.15) is 13.2 Å². The van der Waals surface area contributed by atoms with Crippen molar-refractivity contribution >= 4 is 27.3 Å². The van der Waals surface area contributed by atoms with Gasteiger partial charge in [-0.25, -0.2) is 13.1 Å². The molecule has 0 amide bonds. The van der Waals surface area contributed by atoms with Crippen LogP contribution in [0.5, 0.6) is 0 Å². The summed E-state index contributed by atoms with van der Waals surface area (Å²) < 4.78 is 65.2. The molecule has 0 saturated heterocycles. The Balaban J connectivity index is 2.52. The van der Waals surface area contributed by atoms with Crippen LogP contribution in [0.1, 0.15) is 0 Å². The van der Waals surface area contributed by atoms with E-state index in [0.29, 0.717) is 0 Å². The zero-order chi connectivity index (χ0) is 15.4. The fourth-order valence-electron chi connectivity index (χ4n) is 1.19. The van der Waals surface area contributed by atoms with Crippen LogP contribution < -0.4 is 10.5 Å². The van der Waals surface area contributed by atoms with Crippen molar-refractivity contribution in [2.45, 2.75) is 11.1 Å². The van der Waals surface area contributed by atoms with Gasteiger partial charge in [0.25, 0.3) is 0 Å². The summed E-state index contributed by atoms with van der Waals surface area (Å²) in [6, 6.07) is 3.70. The molecule has 0 aliphatic heterocycles. The Morgan fingerprint density at radius 2 is 2.00 bits per heavy atom. The number of nitrogens with two attached hydrogens (primary N) is 1. The number of sulfonamides is 1. The molecular formula is C10H12ClF3N2O3S. The third kappa shape index (κ3) is 5.53. The number of benzene rings is 1. The molecule has 5 nitrogen and oxygen atoms in total. The summed E-state index contributed by atoms with van der Waals surface area (Å²) >= 11 is 5.69. The third-order valence-electron chi connectivity index (χ3n) is 2.09. The van der Waals surface area contributed by atoms with E-state index in [0.717, 1.165) is 6.07 Å². The Kier molecular flexibility index (Phi) is 5.63. The number of hydrogen-bond donors (Lipinski definition) is 2. The number of rotatable bonds is 6. The maximum Gasteiger partial charge on any atom is 0.411 e. The van der Waals surface area contributed by atoms with Crippen molar-refractivity contribution in [1.82, 2.24) is 4.72 Å². The van der Waals surface area contributed by atoms with Crippen molar-refractivity contribution in [3.05, 3.63) is 23.2 Å². The molecule has 0 fully saturated rings. The second kappa shape index (κ2) is 6.61. The van der Waals surface area contributed by atoms with Crippen molar-refractivity contribution in [3.63, 3.8) is 0 Å². The van der Waals surface area contributed by atoms with Crippen LogP contribution in [0.15, 0.2) is 23.1 Å². The lowest BCUT2D eigenvalue weighted by atomic mass is 10.3. The number of nitrogen functional groups attached to an aromatic ring is 1. The molecule has 1 aromatic rings. The van der Waals surface area contributed by atoms with Gasteiger partial charge in [0.05, 0.1) is 22.2 Å². The van der Waals surface area contributed by atoms with Gasteiger partial charge in [-0.15, -0.1) is 0 Å². The van der Waals surface area contributed by atoms with E-state index in [2.05, 4.69) is 9.46 Å². The van der Waals surface area contributed by atoms with Crippen LogP contribution >= 0.6 is 11.6 Å². The second-order valence-corrected chi connectivity index (χ2v) is 5.92. The van der Waals surface area contributed by atoms with Crippen LogP contribution in [-0.4, -0.2) is 34.4 Å². The molecule has 10 heteroatoms. The van der Waals surface area contributed by atoms with Crippen LogP contribution in [-0.2, 0) is 14.8 Å². The number of ether oxygens (including phenoxy) is 1. The first-order valence-electron chi connectivity index (χ1n) is 5.31. The van der Waals surface area contributed by atoms with Crippen molar-refractivity contribution in [3.8, 4) is 0 Å². The average molecular weight is 333 g/mol. The fraction of sp³-hybridized carbons (Fsp3) is 0.400. The summed E-state index contributed by atoms with van der Waals surface area (Å²) in [6.45, 7) is -2.12. The molecule has 0 heterocycles. The Morgan fingerprint density at radius 3 is 2.55 bits per heavy atom. The highest BCUT2D eigenvalue weighted by atomic mass is 35.5. The molecule has 3 N–H and O–H groups in total. The molecule has 1 rings (SSSR count). The second-order valence-electron chi connectivity index (χ2n) is 3.75. The standard InChI is InChI=1S/C10H12ClF3N2O3S/c11-8-5-7(1-2-9(8)15)20(17,18)16-3-4-19-6-10(12,13)14/h1-2,5,16H,3-4,6,15H2. The molecule has 0 saturated carbocycles. The number of hydrogen-bond acceptors (Lipinski definition) is 4. The molecule has 0 aliphatic rings. The Bertz CT molecular complexity index is 563. The number of nitrogens with one attached hydrogen (secondary N) is 1. The number of alkyl halides is 3. The van der Waals surface area contributed by atoms with Crippen LogP contribution in [0.2, 0.25) is 5.02 Å². The summed E-state index contributed by atoms with van der Waals surface area (Å²) in [5.74, 6) is 0. The van der Waals surface area contributed by atoms with Crippen molar-refractivity contribution in [2.24, 2.45) is 0 Å². The van der Waals surface area contributed by atoms with Crippen molar-refractivity contribution in [1.29, 1.82) is 0 Å². The van der Waals surface area contributed by atoms with Gasteiger partial charge >= 0.3 is 6.18 Å². The highest BCUT2D eigenvalue weighted by Crippen LogP contribution is 2.22. The first-order chi connectivity index (χ1) is 9.12. The first kappa shape index (κ1) is 17.0. The first-order valence-corrected chi connectivity index (χ1v) is 7.17. The summed E-state index contributed by atoms with van der Waals surface area (Å²) in [4.78, 5) is -0.132. The van der Waals surface area contributed by atoms with Gasteiger partial charge in [0, 0.05) is 6.54 Å². The minimum absolute atomic E-state index is 0.0706. The van der Waals surface area contributed by atoms with Gasteiger partial charge in [-0.1, -0.05) is 11.6 Å². The molecule has 20 heavy (non-hydrogen) atoms. The molecule has 0 unspecified atom stereocenters. The molecular weight excluding hydrogens is 321 g/mol. The molecule has 0 radical (unpaired) electrons. The molecule has 0 atom stereocenters.